The monoisotopic (exact) mass is 222 g/mol. The van der Waals surface area contributed by atoms with Crippen LogP contribution in [0.3, 0.4) is 0 Å². The van der Waals surface area contributed by atoms with E-state index in [4.69, 9.17) is 10.5 Å². The Morgan fingerprint density at radius 2 is 2.44 bits per heavy atom. The first-order valence-corrected chi connectivity index (χ1v) is 6.05. The highest BCUT2D eigenvalue weighted by Gasteiger charge is 2.43. The third kappa shape index (κ3) is 1.55. The topological polar surface area (TPSA) is 66.0 Å². The third-order valence-electron chi connectivity index (χ3n) is 3.91. The minimum Gasteiger partial charge on any atom is -0.375 e. The molecule has 5 nitrogen and oxygen atoms in total. The lowest BCUT2D eigenvalue weighted by Crippen LogP contribution is -2.46. The van der Waals surface area contributed by atoms with Crippen LogP contribution < -0.4 is 5.73 Å². The molecule has 2 aliphatic rings. The van der Waals surface area contributed by atoms with Crippen LogP contribution in [-0.4, -0.2) is 27.0 Å². The first kappa shape index (κ1) is 10.2. The lowest BCUT2D eigenvalue weighted by Gasteiger charge is -2.47. The van der Waals surface area contributed by atoms with Crippen molar-refractivity contribution in [3.05, 3.63) is 12.2 Å². The molecule has 0 radical (unpaired) electrons. The molecule has 1 saturated heterocycles. The Bertz CT molecular complexity index is 372. The molecule has 0 bridgehead atoms. The van der Waals surface area contributed by atoms with Crippen LogP contribution in [0.2, 0.25) is 0 Å². The molecule has 0 amide bonds. The van der Waals surface area contributed by atoms with Gasteiger partial charge in [0.25, 0.3) is 0 Å². The van der Waals surface area contributed by atoms with E-state index >= 15 is 0 Å². The summed E-state index contributed by atoms with van der Waals surface area (Å²) < 4.78 is 7.91. The van der Waals surface area contributed by atoms with Gasteiger partial charge in [-0.3, -0.25) is 0 Å². The zero-order valence-corrected chi connectivity index (χ0v) is 9.43. The quantitative estimate of drug-likeness (QED) is 0.811. The van der Waals surface area contributed by atoms with Crippen molar-refractivity contribution in [3.63, 3.8) is 0 Å². The molecule has 0 aromatic carbocycles. The summed E-state index contributed by atoms with van der Waals surface area (Å²) in [4.78, 5) is 4.19. The third-order valence-corrected chi connectivity index (χ3v) is 3.91. The van der Waals surface area contributed by atoms with Crippen LogP contribution in [-0.2, 0) is 11.3 Å². The van der Waals surface area contributed by atoms with Gasteiger partial charge in [-0.05, 0) is 32.1 Å². The van der Waals surface area contributed by atoms with Gasteiger partial charge in [0, 0.05) is 6.61 Å². The van der Waals surface area contributed by atoms with E-state index in [0.717, 1.165) is 25.3 Å². The molecule has 1 aliphatic carbocycles. The fourth-order valence-corrected chi connectivity index (χ4v) is 2.86. The van der Waals surface area contributed by atoms with Crippen LogP contribution in [0.15, 0.2) is 6.33 Å². The molecule has 1 atom stereocenters. The smallest absolute Gasteiger partial charge is 0.140 e. The van der Waals surface area contributed by atoms with Crippen molar-refractivity contribution in [2.45, 2.75) is 50.3 Å². The van der Waals surface area contributed by atoms with E-state index < -0.39 is 0 Å². The molecular weight excluding hydrogens is 204 g/mol. The second-order valence-corrected chi connectivity index (χ2v) is 4.86. The molecule has 1 aromatic heterocycles. The maximum atomic E-state index is 5.91. The number of hydrogen-bond acceptors (Lipinski definition) is 4. The SMILES string of the molecule is NCc1ncnn1C1CCOC2(CCC2)C1. The molecule has 5 heteroatoms. The van der Waals surface area contributed by atoms with Crippen LogP contribution in [0.5, 0.6) is 0 Å². The van der Waals surface area contributed by atoms with Crippen molar-refractivity contribution in [2.75, 3.05) is 6.61 Å². The maximum absolute atomic E-state index is 5.91. The zero-order chi connectivity index (χ0) is 11.0. The summed E-state index contributed by atoms with van der Waals surface area (Å²) in [5.74, 6) is 0.890. The number of rotatable bonds is 2. The van der Waals surface area contributed by atoms with E-state index in [1.165, 1.54) is 19.3 Å². The molecule has 1 saturated carbocycles. The predicted octanol–water partition coefficient (Wildman–Crippen LogP) is 1.01. The Labute approximate surface area is 95.0 Å². The van der Waals surface area contributed by atoms with Crippen LogP contribution in [0.25, 0.3) is 0 Å². The van der Waals surface area contributed by atoms with Crippen molar-refractivity contribution >= 4 is 0 Å². The minimum atomic E-state index is 0.154. The number of ether oxygens (including phenoxy) is 1. The van der Waals surface area contributed by atoms with E-state index in [1.807, 2.05) is 4.68 Å². The fraction of sp³-hybridized carbons (Fsp3) is 0.818. The molecule has 16 heavy (non-hydrogen) atoms. The summed E-state index contributed by atoms with van der Waals surface area (Å²) in [5, 5.41) is 4.30. The predicted molar refractivity (Wildman–Crippen MR) is 58.7 cm³/mol. The van der Waals surface area contributed by atoms with E-state index in [0.29, 0.717) is 12.6 Å². The van der Waals surface area contributed by atoms with Crippen molar-refractivity contribution in [3.8, 4) is 0 Å². The molecule has 1 aliphatic heterocycles. The summed E-state index contributed by atoms with van der Waals surface area (Å²) in [6.07, 6.45) is 7.41. The standard InChI is InChI=1S/C11H18N4O/c12-7-10-13-8-14-15(10)9-2-5-16-11(6-9)3-1-4-11/h8-9H,1-7,12H2. The molecule has 3 rings (SSSR count). The van der Waals surface area contributed by atoms with Crippen molar-refractivity contribution in [1.82, 2.24) is 14.8 Å². The second-order valence-electron chi connectivity index (χ2n) is 4.86. The average Bonchev–Trinajstić information content (AvgIpc) is 2.75. The highest BCUT2D eigenvalue weighted by molar-refractivity contribution is 4.97. The molecule has 1 spiro atoms. The summed E-state index contributed by atoms with van der Waals surface area (Å²) >= 11 is 0. The summed E-state index contributed by atoms with van der Waals surface area (Å²) in [6, 6.07) is 0.426. The lowest BCUT2D eigenvalue weighted by atomic mass is 9.74. The van der Waals surface area contributed by atoms with E-state index in [2.05, 4.69) is 10.1 Å². The number of nitrogens with two attached hydrogens (primary N) is 1. The molecule has 2 fully saturated rings. The van der Waals surface area contributed by atoms with Crippen LogP contribution >= 0.6 is 0 Å². The van der Waals surface area contributed by atoms with Crippen LogP contribution in [0.4, 0.5) is 0 Å². The van der Waals surface area contributed by atoms with Gasteiger partial charge in [0.05, 0.1) is 18.2 Å². The van der Waals surface area contributed by atoms with Gasteiger partial charge in [-0.1, -0.05) is 0 Å². The Kier molecular flexibility index (Phi) is 2.44. The van der Waals surface area contributed by atoms with Gasteiger partial charge in [-0.15, -0.1) is 0 Å². The maximum Gasteiger partial charge on any atom is 0.140 e. The van der Waals surface area contributed by atoms with E-state index in [1.54, 1.807) is 6.33 Å². The lowest BCUT2D eigenvalue weighted by molar-refractivity contribution is -0.141. The Morgan fingerprint density at radius 3 is 3.12 bits per heavy atom. The van der Waals surface area contributed by atoms with Crippen molar-refractivity contribution < 1.29 is 4.74 Å². The molecule has 88 valence electrons. The van der Waals surface area contributed by atoms with Gasteiger partial charge in [0.2, 0.25) is 0 Å². The Hall–Kier alpha value is -0.940. The summed E-state index contributed by atoms with van der Waals surface area (Å²) in [6.45, 7) is 1.30. The average molecular weight is 222 g/mol. The molecule has 1 unspecified atom stereocenters. The summed E-state index contributed by atoms with van der Waals surface area (Å²) in [5.41, 5.74) is 5.81. The largest absolute Gasteiger partial charge is 0.375 e. The van der Waals surface area contributed by atoms with Gasteiger partial charge in [0.1, 0.15) is 12.2 Å². The normalized spacial score (nSPS) is 27.9. The number of nitrogens with zero attached hydrogens (tertiary/aromatic N) is 3. The van der Waals surface area contributed by atoms with Crippen LogP contribution in [0.1, 0.15) is 44.0 Å². The second kappa shape index (κ2) is 3.82. The first-order chi connectivity index (χ1) is 7.83. The summed E-state index contributed by atoms with van der Waals surface area (Å²) in [7, 11) is 0. The molecule has 2 heterocycles. The number of hydrogen-bond donors (Lipinski definition) is 1. The van der Waals surface area contributed by atoms with Crippen LogP contribution in [0, 0.1) is 0 Å². The minimum absolute atomic E-state index is 0.154. The van der Waals surface area contributed by atoms with Gasteiger partial charge in [0.15, 0.2) is 0 Å². The highest BCUT2D eigenvalue weighted by Crippen LogP contribution is 2.45. The Balaban J connectivity index is 1.79. The highest BCUT2D eigenvalue weighted by atomic mass is 16.5. The fourth-order valence-electron chi connectivity index (χ4n) is 2.86. The van der Waals surface area contributed by atoms with E-state index in [-0.39, 0.29) is 5.60 Å². The first-order valence-electron chi connectivity index (χ1n) is 6.05. The van der Waals surface area contributed by atoms with Crippen molar-refractivity contribution in [2.24, 2.45) is 5.73 Å². The van der Waals surface area contributed by atoms with E-state index in [9.17, 15) is 0 Å². The van der Waals surface area contributed by atoms with Gasteiger partial charge >= 0.3 is 0 Å². The number of aromatic nitrogens is 3. The molecule has 2 N–H and O–H groups in total. The van der Waals surface area contributed by atoms with Gasteiger partial charge < -0.3 is 10.5 Å². The van der Waals surface area contributed by atoms with Crippen molar-refractivity contribution in [1.29, 1.82) is 0 Å². The van der Waals surface area contributed by atoms with Gasteiger partial charge in [-0.25, -0.2) is 9.67 Å². The zero-order valence-electron chi connectivity index (χ0n) is 9.43. The molecule has 1 aromatic rings. The van der Waals surface area contributed by atoms with Gasteiger partial charge in [-0.2, -0.15) is 5.10 Å². The Morgan fingerprint density at radius 1 is 1.56 bits per heavy atom. The molecular formula is C11H18N4O.